The minimum atomic E-state index is -2.71. The van der Waals surface area contributed by atoms with Gasteiger partial charge in [-0.1, -0.05) is 0 Å². The molecule has 2 aliphatic rings. The first kappa shape index (κ1) is 18.3. The molecule has 2 aromatic rings. The Kier molecular flexibility index (Phi) is 4.67. The van der Waals surface area contributed by atoms with Crippen molar-refractivity contribution in [2.24, 2.45) is 5.73 Å². The van der Waals surface area contributed by atoms with Crippen molar-refractivity contribution in [1.82, 2.24) is 19.7 Å². The van der Waals surface area contributed by atoms with Gasteiger partial charge in [0.25, 0.3) is 6.43 Å². The van der Waals surface area contributed by atoms with E-state index in [2.05, 4.69) is 15.4 Å². The summed E-state index contributed by atoms with van der Waals surface area (Å²) in [6.07, 6.45) is 0.407. The quantitative estimate of drug-likeness (QED) is 0.820. The fraction of sp³-hybridized carbons (Fsp3) is 0.412. The fourth-order valence-electron chi connectivity index (χ4n) is 3.45. The van der Waals surface area contributed by atoms with Gasteiger partial charge < -0.3 is 20.9 Å². The Morgan fingerprint density at radius 3 is 2.89 bits per heavy atom. The molecule has 0 bridgehead atoms. The van der Waals surface area contributed by atoms with Gasteiger partial charge in [0.1, 0.15) is 5.69 Å². The van der Waals surface area contributed by atoms with Gasteiger partial charge in [0.2, 0.25) is 5.91 Å². The molecule has 1 fully saturated rings. The van der Waals surface area contributed by atoms with Crippen LogP contribution in [0.25, 0.3) is 0 Å². The van der Waals surface area contributed by atoms with Crippen LogP contribution in [0.5, 0.6) is 0 Å². The number of pyridine rings is 1. The van der Waals surface area contributed by atoms with Gasteiger partial charge in [-0.2, -0.15) is 5.10 Å². The minimum Gasteiger partial charge on any atom is -0.326 e. The summed E-state index contributed by atoms with van der Waals surface area (Å²) in [7, 11) is 0. The zero-order valence-corrected chi connectivity index (χ0v) is 14.9. The number of nitrogens with zero attached hydrogens (tertiary/aromatic N) is 5. The highest BCUT2D eigenvalue weighted by Crippen LogP contribution is 2.28. The predicted octanol–water partition coefficient (Wildman–Crippen LogP) is 1.33. The van der Waals surface area contributed by atoms with Gasteiger partial charge in [-0.15, -0.1) is 0 Å². The molecule has 4 heterocycles. The Balaban J connectivity index is 1.49. The van der Waals surface area contributed by atoms with Gasteiger partial charge in [-0.25, -0.2) is 13.6 Å². The summed E-state index contributed by atoms with van der Waals surface area (Å²) in [5.41, 5.74) is 7.11. The van der Waals surface area contributed by atoms with E-state index in [0.29, 0.717) is 25.3 Å². The fourth-order valence-corrected chi connectivity index (χ4v) is 3.45. The average Bonchev–Trinajstić information content (AvgIpc) is 3.23. The Bertz CT molecular complexity index is 917. The molecule has 9 nitrogen and oxygen atoms in total. The van der Waals surface area contributed by atoms with Crippen LogP contribution < -0.4 is 16.0 Å². The highest BCUT2D eigenvalue weighted by Gasteiger charge is 2.33. The number of carbonyl (C=O) groups excluding carboxylic acids is 2. The van der Waals surface area contributed by atoms with Gasteiger partial charge >= 0.3 is 6.03 Å². The van der Waals surface area contributed by atoms with E-state index >= 15 is 0 Å². The van der Waals surface area contributed by atoms with Gasteiger partial charge in [0.05, 0.1) is 30.7 Å². The highest BCUT2D eigenvalue weighted by atomic mass is 19.3. The van der Waals surface area contributed by atoms with Crippen LogP contribution >= 0.6 is 0 Å². The number of anilines is 2. The summed E-state index contributed by atoms with van der Waals surface area (Å²) in [4.78, 5) is 31.5. The number of fused-ring (bicyclic) bond motifs is 1. The molecule has 4 rings (SSSR count). The molecule has 0 aliphatic carbocycles. The number of urea groups is 1. The molecule has 0 radical (unpaired) electrons. The molecule has 2 aliphatic heterocycles. The number of rotatable bonds is 3. The second-order valence-corrected chi connectivity index (χ2v) is 6.79. The van der Waals surface area contributed by atoms with Crippen molar-refractivity contribution in [3.05, 3.63) is 35.9 Å². The SMILES string of the molecule is NC1CC(=O)N(c2cnn3c2CN(C(=O)Nc2ccnc(C(F)F)c2)CC3)C1. The lowest BCUT2D eigenvalue weighted by molar-refractivity contribution is -0.117. The highest BCUT2D eigenvalue weighted by molar-refractivity contribution is 5.97. The summed E-state index contributed by atoms with van der Waals surface area (Å²) in [6, 6.07) is 1.95. The average molecular weight is 391 g/mol. The minimum absolute atomic E-state index is 0.0683. The van der Waals surface area contributed by atoms with Crippen molar-refractivity contribution in [2.45, 2.75) is 32.0 Å². The number of amides is 3. The van der Waals surface area contributed by atoms with Gasteiger partial charge in [-0.05, 0) is 12.1 Å². The van der Waals surface area contributed by atoms with Gasteiger partial charge in [-0.3, -0.25) is 14.5 Å². The van der Waals surface area contributed by atoms with E-state index in [1.165, 1.54) is 12.3 Å². The Morgan fingerprint density at radius 2 is 2.18 bits per heavy atom. The number of hydrogen-bond donors (Lipinski definition) is 2. The number of hydrogen-bond acceptors (Lipinski definition) is 5. The van der Waals surface area contributed by atoms with E-state index in [9.17, 15) is 18.4 Å². The van der Waals surface area contributed by atoms with Crippen LogP contribution in [0, 0.1) is 0 Å². The first-order chi connectivity index (χ1) is 13.4. The largest absolute Gasteiger partial charge is 0.326 e. The van der Waals surface area contributed by atoms with Crippen LogP contribution in [-0.4, -0.2) is 50.7 Å². The van der Waals surface area contributed by atoms with Crippen LogP contribution in [0.2, 0.25) is 0 Å². The third-order valence-corrected chi connectivity index (χ3v) is 4.84. The monoisotopic (exact) mass is 391 g/mol. The molecule has 2 aromatic heterocycles. The van der Waals surface area contributed by atoms with E-state index in [-0.39, 0.29) is 30.6 Å². The molecular weight excluding hydrogens is 372 g/mol. The second-order valence-electron chi connectivity index (χ2n) is 6.79. The molecule has 3 N–H and O–H groups in total. The smallest absolute Gasteiger partial charge is 0.322 e. The molecule has 0 saturated carbocycles. The van der Waals surface area contributed by atoms with E-state index in [0.717, 1.165) is 11.8 Å². The van der Waals surface area contributed by atoms with Gasteiger partial charge in [0, 0.05) is 37.4 Å². The molecule has 28 heavy (non-hydrogen) atoms. The third kappa shape index (κ3) is 3.40. The van der Waals surface area contributed by atoms with Crippen LogP contribution in [0.15, 0.2) is 24.5 Å². The maximum Gasteiger partial charge on any atom is 0.322 e. The molecule has 0 aromatic carbocycles. The number of alkyl halides is 2. The van der Waals surface area contributed by atoms with Gasteiger partial charge in [0.15, 0.2) is 0 Å². The molecule has 148 valence electrons. The van der Waals surface area contributed by atoms with Crippen molar-refractivity contribution in [1.29, 1.82) is 0 Å². The van der Waals surface area contributed by atoms with Crippen molar-refractivity contribution in [2.75, 3.05) is 23.3 Å². The van der Waals surface area contributed by atoms with Crippen molar-refractivity contribution in [3.63, 3.8) is 0 Å². The lowest BCUT2D eigenvalue weighted by Crippen LogP contribution is -2.41. The number of halogens is 2. The number of carbonyl (C=O) groups is 2. The Labute approximate surface area is 159 Å². The molecule has 11 heteroatoms. The van der Waals surface area contributed by atoms with Crippen LogP contribution in [0.1, 0.15) is 24.2 Å². The van der Waals surface area contributed by atoms with Crippen LogP contribution in [0.3, 0.4) is 0 Å². The standard InChI is InChI=1S/C17H19F2N7O2/c18-16(19)12-6-11(1-2-21-12)23-17(28)24-3-4-26-14(9-24)13(7-22-26)25-8-10(20)5-15(25)27/h1-2,6-7,10,16H,3-5,8-9,20H2,(H,21,23,28). The van der Waals surface area contributed by atoms with Crippen molar-refractivity contribution < 1.29 is 18.4 Å². The molecule has 1 unspecified atom stereocenters. The van der Waals surface area contributed by atoms with Crippen LogP contribution in [0.4, 0.5) is 25.0 Å². The zero-order chi connectivity index (χ0) is 19.8. The molecular formula is C17H19F2N7O2. The van der Waals surface area contributed by atoms with Crippen LogP contribution in [-0.2, 0) is 17.9 Å². The Morgan fingerprint density at radius 1 is 1.36 bits per heavy atom. The van der Waals surface area contributed by atoms with E-state index in [1.54, 1.807) is 20.7 Å². The second kappa shape index (κ2) is 7.15. The first-order valence-electron chi connectivity index (χ1n) is 8.83. The number of aromatic nitrogens is 3. The third-order valence-electron chi connectivity index (χ3n) is 4.84. The number of nitrogens with two attached hydrogens (primary N) is 1. The number of nitrogens with one attached hydrogen (secondary N) is 1. The molecule has 0 spiro atoms. The maximum atomic E-state index is 12.8. The van der Waals surface area contributed by atoms with Crippen molar-refractivity contribution >= 4 is 23.3 Å². The summed E-state index contributed by atoms with van der Waals surface area (Å²) >= 11 is 0. The summed E-state index contributed by atoms with van der Waals surface area (Å²) in [6.45, 7) is 1.53. The topological polar surface area (TPSA) is 109 Å². The molecule has 3 amide bonds. The predicted molar refractivity (Wildman–Crippen MR) is 95.8 cm³/mol. The van der Waals surface area contributed by atoms with E-state index < -0.39 is 18.2 Å². The summed E-state index contributed by atoms with van der Waals surface area (Å²) in [5, 5.41) is 6.92. The maximum absolute atomic E-state index is 12.8. The Hall–Kier alpha value is -3.08. The normalized spacial score (nSPS) is 19.3. The summed E-state index contributed by atoms with van der Waals surface area (Å²) in [5.74, 6) is -0.0683. The lowest BCUT2D eigenvalue weighted by atomic mass is 10.2. The van der Waals surface area contributed by atoms with Crippen molar-refractivity contribution in [3.8, 4) is 0 Å². The molecule has 1 saturated heterocycles. The molecule has 1 atom stereocenters. The summed E-state index contributed by atoms with van der Waals surface area (Å²) < 4.78 is 27.3. The zero-order valence-electron chi connectivity index (χ0n) is 14.9. The van der Waals surface area contributed by atoms with E-state index in [4.69, 9.17) is 5.73 Å². The first-order valence-corrected chi connectivity index (χ1v) is 8.83. The van der Waals surface area contributed by atoms with E-state index in [1.807, 2.05) is 0 Å². The lowest BCUT2D eigenvalue weighted by Gasteiger charge is -2.29.